The van der Waals surface area contributed by atoms with Gasteiger partial charge in [-0.3, -0.25) is 9.79 Å². The molecule has 1 aliphatic heterocycles. The van der Waals surface area contributed by atoms with Crippen LogP contribution in [0.15, 0.2) is 4.99 Å². The first-order valence-electron chi connectivity index (χ1n) is 7.21. The van der Waals surface area contributed by atoms with Crippen LogP contribution in [-0.4, -0.2) is 50.5 Å². The summed E-state index contributed by atoms with van der Waals surface area (Å²) < 4.78 is 0. The lowest BCUT2D eigenvalue weighted by Crippen LogP contribution is -2.51. The number of piperidine rings is 1. The van der Waals surface area contributed by atoms with Gasteiger partial charge in [0.05, 0.1) is 6.54 Å². The smallest absolute Gasteiger partial charge is 0.239 e. The number of hydrogen-bond acceptors (Lipinski definition) is 2. The lowest BCUT2D eigenvalue weighted by atomic mass is 9.78. The van der Waals surface area contributed by atoms with Crippen molar-refractivity contribution in [3.05, 3.63) is 0 Å². The molecule has 0 aromatic heterocycles. The predicted molar refractivity (Wildman–Crippen MR) is 94.7 cm³/mol. The van der Waals surface area contributed by atoms with Gasteiger partial charge in [-0.1, -0.05) is 20.3 Å². The Kier molecular flexibility index (Phi) is 9.16. The van der Waals surface area contributed by atoms with E-state index in [2.05, 4.69) is 34.4 Å². The van der Waals surface area contributed by atoms with Crippen LogP contribution in [0.2, 0.25) is 0 Å². The molecule has 0 spiro atoms. The zero-order chi connectivity index (χ0) is 14.3. The lowest BCUT2D eigenvalue weighted by molar-refractivity contribution is -0.119. The monoisotopic (exact) mass is 396 g/mol. The molecule has 2 N–H and O–H groups in total. The lowest BCUT2D eigenvalue weighted by Gasteiger charge is -2.41. The van der Waals surface area contributed by atoms with E-state index in [1.54, 1.807) is 14.1 Å². The molecule has 5 nitrogen and oxygen atoms in total. The first-order valence-corrected chi connectivity index (χ1v) is 7.21. The third kappa shape index (κ3) is 5.85. The molecule has 118 valence electrons. The Bertz CT molecular complexity index is 331. The number of guanidine groups is 1. The molecular formula is C14H29IN4O. The van der Waals surface area contributed by atoms with Gasteiger partial charge in [-0.15, -0.1) is 24.0 Å². The summed E-state index contributed by atoms with van der Waals surface area (Å²) >= 11 is 0. The fourth-order valence-corrected chi connectivity index (χ4v) is 2.88. The molecule has 0 radical (unpaired) electrons. The molecule has 1 amide bonds. The van der Waals surface area contributed by atoms with Crippen molar-refractivity contribution in [2.45, 2.75) is 39.5 Å². The maximum Gasteiger partial charge on any atom is 0.239 e. The van der Waals surface area contributed by atoms with Crippen LogP contribution in [-0.2, 0) is 4.79 Å². The number of rotatable bonds is 4. The van der Waals surface area contributed by atoms with Crippen molar-refractivity contribution in [3.63, 3.8) is 0 Å². The van der Waals surface area contributed by atoms with Gasteiger partial charge in [0, 0.05) is 27.2 Å². The number of amides is 1. The molecule has 20 heavy (non-hydrogen) atoms. The largest absolute Gasteiger partial charge is 0.358 e. The van der Waals surface area contributed by atoms with Gasteiger partial charge in [0.2, 0.25) is 5.91 Å². The van der Waals surface area contributed by atoms with Crippen molar-refractivity contribution >= 4 is 35.8 Å². The molecular weight excluding hydrogens is 367 g/mol. The second-order valence-electron chi connectivity index (χ2n) is 5.66. The topological polar surface area (TPSA) is 56.7 Å². The van der Waals surface area contributed by atoms with Gasteiger partial charge in [0.1, 0.15) is 0 Å². The van der Waals surface area contributed by atoms with Crippen LogP contribution >= 0.6 is 24.0 Å². The average molecular weight is 396 g/mol. The summed E-state index contributed by atoms with van der Waals surface area (Å²) in [5.41, 5.74) is 0.373. The van der Waals surface area contributed by atoms with Crippen LogP contribution in [0.1, 0.15) is 39.5 Å². The summed E-state index contributed by atoms with van der Waals surface area (Å²) in [4.78, 5) is 17.9. The van der Waals surface area contributed by atoms with E-state index in [0.29, 0.717) is 5.41 Å². The minimum Gasteiger partial charge on any atom is -0.358 e. The predicted octanol–water partition coefficient (Wildman–Crippen LogP) is 1.83. The Morgan fingerprint density at radius 1 is 1.45 bits per heavy atom. The fourth-order valence-electron chi connectivity index (χ4n) is 2.88. The van der Waals surface area contributed by atoms with Gasteiger partial charge in [-0.2, -0.15) is 0 Å². The van der Waals surface area contributed by atoms with Crippen molar-refractivity contribution in [1.29, 1.82) is 0 Å². The van der Waals surface area contributed by atoms with Gasteiger partial charge in [-0.05, 0) is 24.7 Å². The Balaban J connectivity index is 0.00000361. The van der Waals surface area contributed by atoms with Crippen molar-refractivity contribution in [2.75, 3.05) is 33.7 Å². The third-order valence-electron chi connectivity index (χ3n) is 3.83. The van der Waals surface area contributed by atoms with Gasteiger partial charge in [0.25, 0.3) is 0 Å². The number of likely N-dealkylation sites (N-methyl/N-ethyl adjacent to an activating group) is 1. The van der Waals surface area contributed by atoms with E-state index < -0.39 is 0 Å². The van der Waals surface area contributed by atoms with E-state index in [-0.39, 0.29) is 36.4 Å². The molecule has 1 aliphatic rings. The Morgan fingerprint density at radius 2 is 2.15 bits per heavy atom. The highest BCUT2D eigenvalue weighted by molar-refractivity contribution is 14.0. The van der Waals surface area contributed by atoms with Crippen molar-refractivity contribution in [2.24, 2.45) is 10.4 Å². The number of nitrogens with zero attached hydrogens (tertiary/aromatic N) is 2. The number of hydrogen-bond donors (Lipinski definition) is 2. The Morgan fingerprint density at radius 3 is 2.70 bits per heavy atom. The number of nitrogens with one attached hydrogen (secondary N) is 2. The molecule has 6 heteroatoms. The summed E-state index contributed by atoms with van der Waals surface area (Å²) in [6.45, 7) is 6.92. The maximum absolute atomic E-state index is 11.3. The second kappa shape index (κ2) is 9.41. The van der Waals surface area contributed by atoms with Gasteiger partial charge in [0.15, 0.2) is 5.96 Å². The van der Waals surface area contributed by atoms with E-state index in [1.807, 2.05) is 0 Å². The molecule has 1 heterocycles. The highest BCUT2D eigenvalue weighted by Gasteiger charge is 2.31. The van der Waals surface area contributed by atoms with Gasteiger partial charge < -0.3 is 15.5 Å². The van der Waals surface area contributed by atoms with E-state index >= 15 is 0 Å². The molecule has 0 aliphatic carbocycles. The highest BCUT2D eigenvalue weighted by Crippen LogP contribution is 2.33. The Hall–Kier alpha value is -0.530. The number of halogens is 1. The highest BCUT2D eigenvalue weighted by atomic mass is 127. The van der Waals surface area contributed by atoms with Crippen molar-refractivity contribution in [1.82, 2.24) is 15.5 Å². The molecule has 1 saturated heterocycles. The van der Waals surface area contributed by atoms with E-state index in [0.717, 1.165) is 19.0 Å². The van der Waals surface area contributed by atoms with E-state index in [4.69, 9.17) is 0 Å². The minimum atomic E-state index is -0.0190. The van der Waals surface area contributed by atoms with Crippen molar-refractivity contribution < 1.29 is 4.79 Å². The molecule has 1 atom stereocenters. The standard InChI is InChI=1S/C14H28N4O.HI/c1-5-7-14(2)8-6-9-18(11-14)13(16-4)17-10-12(19)15-3;/h5-11H2,1-4H3,(H,15,19)(H,16,17);1H. The molecule has 1 rings (SSSR count). The quantitative estimate of drug-likeness (QED) is 0.433. The SMILES string of the molecule is CCCC1(C)CCCN(C(=NC)NCC(=O)NC)C1.I. The average Bonchev–Trinajstić information content (AvgIpc) is 2.39. The van der Waals surface area contributed by atoms with Crippen LogP contribution in [0.5, 0.6) is 0 Å². The summed E-state index contributed by atoms with van der Waals surface area (Å²) in [6, 6.07) is 0. The molecule has 0 aromatic carbocycles. The maximum atomic E-state index is 11.3. The normalized spacial score (nSPS) is 23.0. The molecule has 1 unspecified atom stereocenters. The van der Waals surface area contributed by atoms with E-state index in [1.165, 1.54) is 25.7 Å². The zero-order valence-electron chi connectivity index (χ0n) is 13.2. The van der Waals surface area contributed by atoms with Gasteiger partial charge >= 0.3 is 0 Å². The third-order valence-corrected chi connectivity index (χ3v) is 3.83. The molecule has 0 aromatic rings. The van der Waals surface area contributed by atoms with Crippen LogP contribution < -0.4 is 10.6 Å². The molecule has 0 bridgehead atoms. The van der Waals surface area contributed by atoms with Crippen LogP contribution in [0.25, 0.3) is 0 Å². The summed E-state index contributed by atoms with van der Waals surface area (Å²) in [5.74, 6) is 0.820. The number of aliphatic imine (C=N–C) groups is 1. The van der Waals surface area contributed by atoms with E-state index in [9.17, 15) is 4.79 Å². The fraction of sp³-hybridized carbons (Fsp3) is 0.857. The van der Waals surface area contributed by atoms with Crippen LogP contribution in [0, 0.1) is 5.41 Å². The van der Waals surface area contributed by atoms with Gasteiger partial charge in [-0.25, -0.2) is 0 Å². The first-order chi connectivity index (χ1) is 9.04. The zero-order valence-corrected chi connectivity index (χ0v) is 15.5. The van der Waals surface area contributed by atoms with Crippen LogP contribution in [0.4, 0.5) is 0 Å². The van der Waals surface area contributed by atoms with Crippen LogP contribution in [0.3, 0.4) is 0 Å². The first kappa shape index (κ1) is 19.5. The number of likely N-dealkylation sites (tertiary alicyclic amines) is 1. The summed E-state index contributed by atoms with van der Waals surface area (Å²) in [6.07, 6.45) is 4.94. The second-order valence-corrected chi connectivity index (χ2v) is 5.66. The molecule has 0 saturated carbocycles. The minimum absolute atomic E-state index is 0. The number of carbonyl (C=O) groups is 1. The number of carbonyl (C=O) groups excluding carboxylic acids is 1. The Labute approximate surface area is 140 Å². The van der Waals surface area contributed by atoms with Crippen molar-refractivity contribution in [3.8, 4) is 0 Å². The summed E-state index contributed by atoms with van der Waals surface area (Å²) in [5, 5.41) is 5.74. The molecule has 1 fully saturated rings. The summed E-state index contributed by atoms with van der Waals surface area (Å²) in [7, 11) is 3.42.